The lowest BCUT2D eigenvalue weighted by Gasteiger charge is -2.38. The van der Waals surface area contributed by atoms with Gasteiger partial charge in [0.05, 0.1) is 12.2 Å². The second-order valence-electron chi connectivity index (χ2n) is 7.54. The third-order valence-electron chi connectivity index (χ3n) is 4.81. The predicted octanol–water partition coefficient (Wildman–Crippen LogP) is 1.98. The minimum Gasteiger partial charge on any atom is -0.479 e. The number of carbonyl (C=O) groups is 1. The maximum Gasteiger partial charge on any atom is 0.331 e. The smallest absolute Gasteiger partial charge is 0.331 e. The number of carboxylic acid groups (broad SMARTS) is 1. The summed E-state index contributed by atoms with van der Waals surface area (Å²) in [5.41, 5.74) is -0.130. The van der Waals surface area contributed by atoms with E-state index < -0.39 is 11.5 Å². The molecule has 0 saturated carbocycles. The van der Waals surface area contributed by atoms with Crippen LogP contribution in [0.2, 0.25) is 0 Å². The molecule has 0 aromatic carbocycles. The minimum atomic E-state index is -0.955. The molecule has 130 valence electrons. The topological polar surface area (TPSA) is 87.0 Å². The molecule has 1 fully saturated rings. The van der Waals surface area contributed by atoms with Crippen LogP contribution in [-0.2, 0) is 22.3 Å². The lowest BCUT2D eigenvalue weighted by atomic mass is 9.87. The molecule has 7 nitrogen and oxygen atoms in total. The normalized spacial score (nSPS) is 18.6. The lowest BCUT2D eigenvalue weighted by molar-refractivity contribution is -0.151. The van der Waals surface area contributed by atoms with E-state index in [2.05, 4.69) is 40.7 Å². The first-order valence-corrected chi connectivity index (χ1v) is 8.32. The Morgan fingerprint density at radius 2 is 2.08 bits per heavy atom. The number of H-pyrrole nitrogens is 1. The summed E-state index contributed by atoms with van der Waals surface area (Å²) in [5.74, 6) is 0.107. The highest BCUT2D eigenvalue weighted by Crippen LogP contribution is 2.32. The lowest BCUT2D eigenvalue weighted by Crippen LogP contribution is -2.51. The number of piperidine rings is 1. The molecule has 0 aliphatic carbocycles. The highest BCUT2D eigenvalue weighted by atomic mass is 16.4. The van der Waals surface area contributed by atoms with E-state index in [1.807, 2.05) is 12.3 Å². The van der Waals surface area contributed by atoms with Crippen LogP contribution in [0, 0.1) is 0 Å². The number of aromatic amines is 1. The predicted molar refractivity (Wildman–Crippen MR) is 89.6 cm³/mol. The number of aromatic nitrogens is 4. The van der Waals surface area contributed by atoms with Crippen molar-refractivity contribution in [3.05, 3.63) is 36.2 Å². The van der Waals surface area contributed by atoms with Gasteiger partial charge in [-0.15, -0.1) is 0 Å². The summed E-state index contributed by atoms with van der Waals surface area (Å²) in [4.78, 5) is 21.6. The van der Waals surface area contributed by atoms with Crippen LogP contribution in [0.25, 0.3) is 0 Å². The average Bonchev–Trinajstić information content (AvgIpc) is 3.18. The van der Waals surface area contributed by atoms with Crippen LogP contribution in [0.1, 0.15) is 45.1 Å². The molecule has 7 heteroatoms. The fraction of sp³-hybridized carbons (Fsp3) is 0.588. The van der Waals surface area contributed by atoms with Crippen molar-refractivity contribution in [3.63, 3.8) is 0 Å². The number of aliphatic carboxylic acids is 1. The third kappa shape index (κ3) is 3.08. The van der Waals surface area contributed by atoms with Gasteiger partial charge in [-0.1, -0.05) is 20.8 Å². The summed E-state index contributed by atoms with van der Waals surface area (Å²) in [5, 5.41) is 14.5. The number of nitrogens with one attached hydrogen (secondary N) is 1. The van der Waals surface area contributed by atoms with Gasteiger partial charge in [0.15, 0.2) is 5.54 Å². The highest BCUT2D eigenvalue weighted by molar-refractivity contribution is 5.76. The summed E-state index contributed by atoms with van der Waals surface area (Å²) in [6, 6.07) is 1.93. The Kier molecular flexibility index (Phi) is 4.21. The van der Waals surface area contributed by atoms with Crippen LogP contribution in [0.4, 0.5) is 0 Å². The van der Waals surface area contributed by atoms with Crippen LogP contribution in [-0.4, -0.2) is 48.8 Å². The Labute approximate surface area is 141 Å². The van der Waals surface area contributed by atoms with E-state index in [4.69, 9.17) is 0 Å². The molecular weight excluding hydrogens is 306 g/mol. The van der Waals surface area contributed by atoms with Crippen LogP contribution in [0.5, 0.6) is 0 Å². The summed E-state index contributed by atoms with van der Waals surface area (Å²) >= 11 is 0. The summed E-state index contributed by atoms with van der Waals surface area (Å²) in [7, 11) is 0. The fourth-order valence-electron chi connectivity index (χ4n) is 3.18. The Morgan fingerprint density at radius 1 is 1.38 bits per heavy atom. The molecule has 1 aliphatic rings. The van der Waals surface area contributed by atoms with Crippen molar-refractivity contribution in [2.24, 2.45) is 0 Å². The van der Waals surface area contributed by atoms with Gasteiger partial charge in [-0.2, -0.15) is 5.10 Å². The van der Waals surface area contributed by atoms with E-state index >= 15 is 0 Å². The van der Waals surface area contributed by atoms with Crippen molar-refractivity contribution in [3.8, 4) is 0 Å². The van der Waals surface area contributed by atoms with E-state index in [1.165, 1.54) is 0 Å². The number of carboxylic acids is 1. The quantitative estimate of drug-likeness (QED) is 0.894. The zero-order valence-electron chi connectivity index (χ0n) is 14.5. The second-order valence-corrected chi connectivity index (χ2v) is 7.54. The molecule has 24 heavy (non-hydrogen) atoms. The van der Waals surface area contributed by atoms with E-state index in [0.717, 1.165) is 18.1 Å². The first-order valence-electron chi connectivity index (χ1n) is 8.32. The number of likely N-dealkylation sites (tertiary alicyclic amines) is 1. The van der Waals surface area contributed by atoms with Crippen molar-refractivity contribution in [2.75, 3.05) is 13.1 Å². The van der Waals surface area contributed by atoms with Crippen LogP contribution in [0.3, 0.4) is 0 Å². The average molecular weight is 331 g/mol. The number of hydrogen-bond donors (Lipinski definition) is 2. The van der Waals surface area contributed by atoms with Crippen LogP contribution >= 0.6 is 0 Å². The molecule has 0 unspecified atom stereocenters. The minimum absolute atomic E-state index is 0.0923. The monoisotopic (exact) mass is 331 g/mol. The van der Waals surface area contributed by atoms with Crippen molar-refractivity contribution >= 4 is 5.97 Å². The Morgan fingerprint density at radius 3 is 2.58 bits per heavy atom. The van der Waals surface area contributed by atoms with E-state index in [1.54, 1.807) is 17.1 Å². The standard InChI is InChI=1S/C17H25N5O2/c1-16(2,3)13-4-9-22(20-13)17(15(23)24)5-10-21(11-6-17)12-14-18-7-8-19-14/h4,7-9H,5-6,10-12H2,1-3H3,(H,18,19)(H,23,24). The maximum atomic E-state index is 12.1. The van der Waals surface area contributed by atoms with Gasteiger partial charge in [-0.25, -0.2) is 9.78 Å². The zero-order valence-corrected chi connectivity index (χ0v) is 14.5. The molecule has 0 radical (unpaired) electrons. The van der Waals surface area contributed by atoms with Gasteiger partial charge in [-0.3, -0.25) is 9.58 Å². The molecule has 1 aliphatic heterocycles. The van der Waals surface area contributed by atoms with E-state index in [9.17, 15) is 9.90 Å². The second kappa shape index (κ2) is 6.05. The molecule has 2 aromatic heterocycles. The number of nitrogens with zero attached hydrogens (tertiary/aromatic N) is 4. The van der Waals surface area contributed by atoms with Gasteiger partial charge >= 0.3 is 5.97 Å². The highest BCUT2D eigenvalue weighted by Gasteiger charge is 2.44. The number of imidazole rings is 1. The summed E-state index contributed by atoms with van der Waals surface area (Å²) in [6.45, 7) is 8.38. The first-order chi connectivity index (χ1) is 11.3. The summed E-state index contributed by atoms with van der Waals surface area (Å²) in [6.07, 6.45) is 6.43. The van der Waals surface area contributed by atoms with Crippen molar-refractivity contribution in [2.45, 2.75) is 51.1 Å². The Hall–Kier alpha value is -2.15. The van der Waals surface area contributed by atoms with Gasteiger partial charge in [0.1, 0.15) is 5.82 Å². The first kappa shape index (κ1) is 16.7. The molecular formula is C17H25N5O2. The van der Waals surface area contributed by atoms with Crippen molar-refractivity contribution in [1.29, 1.82) is 0 Å². The molecule has 0 atom stereocenters. The van der Waals surface area contributed by atoms with Gasteiger partial charge < -0.3 is 10.1 Å². The van der Waals surface area contributed by atoms with Crippen molar-refractivity contribution < 1.29 is 9.90 Å². The summed E-state index contributed by atoms with van der Waals surface area (Å²) < 4.78 is 1.67. The molecule has 0 spiro atoms. The van der Waals surface area contributed by atoms with Gasteiger partial charge in [0.2, 0.25) is 0 Å². The largest absolute Gasteiger partial charge is 0.479 e. The molecule has 0 amide bonds. The molecule has 2 N–H and O–H groups in total. The van der Waals surface area contributed by atoms with Gasteiger partial charge in [-0.05, 0) is 18.9 Å². The molecule has 3 heterocycles. The fourth-order valence-corrected chi connectivity index (χ4v) is 3.18. The molecule has 1 saturated heterocycles. The molecule has 3 rings (SSSR count). The zero-order chi connectivity index (χ0) is 17.4. The van der Waals surface area contributed by atoms with Crippen molar-refractivity contribution in [1.82, 2.24) is 24.6 Å². The number of hydrogen-bond acceptors (Lipinski definition) is 4. The van der Waals surface area contributed by atoms with E-state index in [0.29, 0.717) is 25.9 Å². The molecule has 2 aromatic rings. The third-order valence-corrected chi connectivity index (χ3v) is 4.81. The van der Waals surface area contributed by atoms with Gasteiger partial charge in [0.25, 0.3) is 0 Å². The number of rotatable bonds is 4. The Bertz CT molecular complexity index is 691. The Balaban J connectivity index is 1.76. The van der Waals surface area contributed by atoms with E-state index in [-0.39, 0.29) is 5.41 Å². The maximum absolute atomic E-state index is 12.1. The van der Waals surface area contributed by atoms with Crippen LogP contribution in [0.15, 0.2) is 24.7 Å². The SMILES string of the molecule is CC(C)(C)c1ccn(C2(C(=O)O)CCN(Cc3ncc[nH]3)CC2)n1. The van der Waals surface area contributed by atoms with Gasteiger partial charge in [0, 0.05) is 37.1 Å². The van der Waals surface area contributed by atoms with Crippen LogP contribution < -0.4 is 0 Å². The molecule has 0 bridgehead atoms.